The minimum atomic E-state index is 0.0948. The van der Waals surface area contributed by atoms with Gasteiger partial charge >= 0.3 is 0 Å². The zero-order chi connectivity index (χ0) is 27.1. The molecule has 1 unspecified atom stereocenters. The van der Waals surface area contributed by atoms with Crippen molar-refractivity contribution in [2.75, 3.05) is 20.6 Å². The first-order chi connectivity index (χ1) is 18.7. The number of rotatable bonds is 3. The molecule has 3 saturated carbocycles. The van der Waals surface area contributed by atoms with Crippen LogP contribution in [0.2, 0.25) is 0 Å². The normalized spacial score (nSPS) is 39.4. The third-order valence-electron chi connectivity index (χ3n) is 12.8. The van der Waals surface area contributed by atoms with Crippen LogP contribution in [0.1, 0.15) is 81.3 Å². The second-order valence-electron chi connectivity index (χ2n) is 14.1. The Bertz CT molecular complexity index is 1290. The van der Waals surface area contributed by atoms with Gasteiger partial charge in [0.2, 0.25) is 0 Å². The highest BCUT2D eigenvalue weighted by atomic mass is 16.3. The van der Waals surface area contributed by atoms with Crippen LogP contribution in [0.25, 0.3) is 11.3 Å². The number of allylic oxidation sites excluding steroid dienone is 1. The van der Waals surface area contributed by atoms with E-state index in [-0.39, 0.29) is 11.9 Å². The monoisotopic (exact) mass is 526 g/mol. The molecule has 4 heteroatoms. The Labute approximate surface area is 234 Å². The van der Waals surface area contributed by atoms with Gasteiger partial charge in [-0.2, -0.15) is 0 Å². The van der Waals surface area contributed by atoms with E-state index in [9.17, 15) is 4.79 Å². The fourth-order valence-corrected chi connectivity index (χ4v) is 10.6. The maximum absolute atomic E-state index is 13.7. The van der Waals surface area contributed by atoms with Gasteiger partial charge in [-0.05, 0) is 113 Å². The van der Waals surface area contributed by atoms with Crippen molar-refractivity contribution in [3.8, 4) is 11.3 Å². The van der Waals surface area contributed by atoms with E-state index < -0.39 is 0 Å². The highest BCUT2D eigenvalue weighted by Gasteiger charge is 2.64. The molecule has 0 N–H and O–H groups in total. The predicted molar refractivity (Wildman–Crippen MR) is 156 cm³/mol. The quantitative estimate of drug-likeness (QED) is 0.387. The van der Waals surface area contributed by atoms with Crippen LogP contribution in [0.3, 0.4) is 0 Å². The lowest BCUT2D eigenvalue weighted by molar-refractivity contribution is -0.0430. The van der Waals surface area contributed by atoms with Gasteiger partial charge in [0.15, 0.2) is 0 Å². The van der Waals surface area contributed by atoms with Crippen LogP contribution in [-0.2, 0) is 0 Å². The maximum Gasteiger partial charge on any atom is 0.257 e. The van der Waals surface area contributed by atoms with Crippen LogP contribution in [0.15, 0.2) is 52.5 Å². The Hall–Kier alpha value is -2.33. The summed E-state index contributed by atoms with van der Waals surface area (Å²) in [7, 11) is 4.38. The van der Waals surface area contributed by atoms with E-state index >= 15 is 0 Å². The molecule has 5 aliphatic rings. The van der Waals surface area contributed by atoms with Crippen LogP contribution in [0.5, 0.6) is 0 Å². The number of carbonyl (C=O) groups excluding carboxylic acids is 1. The largest absolute Gasteiger partial charge is 0.461 e. The lowest BCUT2D eigenvalue weighted by atomic mass is 9.47. The summed E-state index contributed by atoms with van der Waals surface area (Å²) in [5.41, 5.74) is 4.26. The molecule has 2 aromatic rings. The number of hydrogen-bond acceptors (Lipinski definition) is 3. The molecule has 1 spiro atoms. The Balaban J connectivity index is 1.09. The van der Waals surface area contributed by atoms with E-state index in [4.69, 9.17) is 4.42 Å². The summed E-state index contributed by atoms with van der Waals surface area (Å²) in [4.78, 5) is 18.4. The number of benzene rings is 1. The number of nitrogens with zero attached hydrogens (tertiary/aromatic N) is 2. The van der Waals surface area contributed by atoms with Crippen molar-refractivity contribution >= 4 is 5.91 Å². The SMILES string of the molecule is Cc1oc(-c2ccccc2)cc1C(=O)N(C)[C@H]1CC[C@@]2(C)C(=CC[C@@H]3C2CC[C@]24CN(C)[C@@H](C)[C@H]2CC[C@@H]34)C1. The summed E-state index contributed by atoms with van der Waals surface area (Å²) in [6, 6.07) is 13.0. The summed E-state index contributed by atoms with van der Waals surface area (Å²) < 4.78 is 6.04. The van der Waals surface area contributed by atoms with E-state index in [1.54, 1.807) is 5.57 Å². The zero-order valence-corrected chi connectivity index (χ0v) is 24.6. The molecular weight excluding hydrogens is 480 g/mol. The average Bonchev–Trinajstić information content (AvgIpc) is 3.58. The topological polar surface area (TPSA) is 36.7 Å². The first kappa shape index (κ1) is 25.6. The van der Waals surface area contributed by atoms with Crippen molar-refractivity contribution in [2.24, 2.45) is 34.5 Å². The van der Waals surface area contributed by atoms with E-state index in [1.807, 2.05) is 55.3 Å². The predicted octanol–water partition coefficient (Wildman–Crippen LogP) is 7.59. The molecule has 1 amide bonds. The van der Waals surface area contributed by atoms with Gasteiger partial charge in [-0.3, -0.25) is 4.79 Å². The molecular formula is C35H46N2O2. The van der Waals surface area contributed by atoms with Crippen molar-refractivity contribution in [1.29, 1.82) is 0 Å². The molecule has 2 heterocycles. The highest BCUT2D eigenvalue weighted by molar-refractivity contribution is 5.96. The summed E-state index contributed by atoms with van der Waals surface area (Å²) >= 11 is 0. The third kappa shape index (κ3) is 3.69. The minimum Gasteiger partial charge on any atom is -0.461 e. The van der Waals surface area contributed by atoms with Crippen LogP contribution in [0, 0.1) is 41.4 Å². The molecule has 4 aliphatic carbocycles. The molecule has 208 valence electrons. The standard InChI is InChI=1S/C35H46N2O2/c1-22-29-13-14-31-27-12-11-25-19-26(15-17-34(25,3)30(27)16-18-35(29,31)21-36(22)4)37(5)33(38)28-20-32(39-23(28)2)24-9-7-6-8-10-24/h6-11,20,22,26-27,29-31H,12-19,21H2,1-5H3/t22-,26-,27+,29+,30?,31-,34-,35-/m0/s1. The fraction of sp³-hybridized carbons (Fsp3) is 0.629. The third-order valence-corrected chi connectivity index (χ3v) is 12.8. The van der Waals surface area contributed by atoms with E-state index in [0.29, 0.717) is 22.2 Å². The number of aryl methyl sites for hydroxylation is 1. The van der Waals surface area contributed by atoms with Crippen LogP contribution >= 0.6 is 0 Å². The smallest absolute Gasteiger partial charge is 0.257 e. The number of amides is 1. The number of furan rings is 1. The Morgan fingerprint density at radius 3 is 2.62 bits per heavy atom. The van der Waals surface area contributed by atoms with Gasteiger partial charge in [0.25, 0.3) is 5.91 Å². The highest BCUT2D eigenvalue weighted by Crippen LogP contribution is 2.68. The molecule has 4 nitrogen and oxygen atoms in total. The molecule has 8 atom stereocenters. The summed E-state index contributed by atoms with van der Waals surface area (Å²) in [5.74, 6) is 5.08. The Kier molecular flexibility index (Phi) is 5.97. The molecule has 1 aliphatic heterocycles. The second kappa shape index (κ2) is 9.09. The maximum atomic E-state index is 13.7. The van der Waals surface area contributed by atoms with Gasteiger partial charge in [0.05, 0.1) is 5.56 Å². The summed E-state index contributed by atoms with van der Waals surface area (Å²) in [5, 5.41) is 0. The average molecular weight is 527 g/mol. The molecule has 1 aromatic heterocycles. The lowest BCUT2D eigenvalue weighted by Crippen LogP contribution is -2.53. The van der Waals surface area contributed by atoms with Crippen LogP contribution < -0.4 is 0 Å². The van der Waals surface area contributed by atoms with E-state index in [1.165, 1.54) is 45.1 Å². The second-order valence-corrected chi connectivity index (χ2v) is 14.1. The molecule has 0 bridgehead atoms. The molecule has 4 fully saturated rings. The van der Waals surface area contributed by atoms with Crippen LogP contribution in [-0.4, -0.2) is 48.4 Å². The zero-order valence-electron chi connectivity index (χ0n) is 24.6. The van der Waals surface area contributed by atoms with Crippen LogP contribution in [0.4, 0.5) is 0 Å². The lowest BCUT2D eigenvalue weighted by Gasteiger charge is -2.58. The molecule has 39 heavy (non-hydrogen) atoms. The van der Waals surface area contributed by atoms with Gasteiger partial charge < -0.3 is 14.2 Å². The minimum absolute atomic E-state index is 0.0948. The van der Waals surface area contributed by atoms with Gasteiger partial charge in [-0.15, -0.1) is 0 Å². The summed E-state index contributed by atoms with van der Waals surface area (Å²) in [6.07, 6.45) is 13.0. The fourth-order valence-electron chi connectivity index (χ4n) is 10.6. The number of likely N-dealkylation sites (tertiary alicyclic amines) is 1. The van der Waals surface area contributed by atoms with Crippen molar-refractivity contribution < 1.29 is 9.21 Å². The Morgan fingerprint density at radius 1 is 1.05 bits per heavy atom. The van der Waals surface area contributed by atoms with E-state index in [0.717, 1.165) is 53.9 Å². The first-order valence-electron chi connectivity index (χ1n) is 15.6. The van der Waals surface area contributed by atoms with Crippen molar-refractivity contribution in [3.63, 3.8) is 0 Å². The van der Waals surface area contributed by atoms with Gasteiger partial charge in [0.1, 0.15) is 11.5 Å². The van der Waals surface area contributed by atoms with Gasteiger partial charge in [0, 0.05) is 31.2 Å². The molecule has 1 saturated heterocycles. The number of fused-ring (bicyclic) bond motifs is 4. The van der Waals surface area contributed by atoms with Crippen molar-refractivity contribution in [2.45, 2.75) is 84.2 Å². The van der Waals surface area contributed by atoms with E-state index in [2.05, 4.69) is 31.9 Å². The summed E-state index contributed by atoms with van der Waals surface area (Å²) in [6.45, 7) is 8.32. The molecule has 7 rings (SSSR count). The van der Waals surface area contributed by atoms with Gasteiger partial charge in [-0.1, -0.05) is 48.9 Å². The van der Waals surface area contributed by atoms with Crippen molar-refractivity contribution in [1.82, 2.24) is 9.80 Å². The molecule has 0 radical (unpaired) electrons. The Morgan fingerprint density at radius 2 is 1.82 bits per heavy atom. The number of hydrogen-bond donors (Lipinski definition) is 0. The number of carbonyl (C=O) groups is 1. The van der Waals surface area contributed by atoms with Gasteiger partial charge in [-0.25, -0.2) is 0 Å². The first-order valence-corrected chi connectivity index (χ1v) is 15.6. The molecule has 1 aromatic carbocycles. The van der Waals surface area contributed by atoms with Crippen molar-refractivity contribution in [3.05, 3.63) is 59.4 Å².